The number of rotatable bonds is 6. The van der Waals surface area contributed by atoms with Gasteiger partial charge in [0.05, 0.1) is 6.54 Å². The van der Waals surface area contributed by atoms with Crippen LogP contribution in [0, 0.1) is 5.82 Å². The summed E-state index contributed by atoms with van der Waals surface area (Å²) in [6.45, 7) is 3.81. The summed E-state index contributed by atoms with van der Waals surface area (Å²) in [7, 11) is 0. The van der Waals surface area contributed by atoms with Crippen LogP contribution in [0.15, 0.2) is 29.3 Å². The Labute approximate surface area is 152 Å². The fourth-order valence-corrected chi connectivity index (χ4v) is 3.59. The second-order valence-electron chi connectivity index (χ2n) is 7.05. The summed E-state index contributed by atoms with van der Waals surface area (Å²) in [6.07, 6.45) is 0.249. The summed E-state index contributed by atoms with van der Waals surface area (Å²) in [4.78, 5) is 6.29. The molecule has 2 atom stereocenters. The molecule has 1 aromatic rings. The molecule has 26 heavy (non-hydrogen) atoms. The van der Waals surface area contributed by atoms with Crippen LogP contribution in [0.3, 0.4) is 0 Å². The van der Waals surface area contributed by atoms with Crippen molar-refractivity contribution in [3.63, 3.8) is 0 Å². The Bertz CT molecular complexity index is 615. The number of piperidine rings is 1. The predicted octanol–water partition coefficient (Wildman–Crippen LogP) is 2.97. The van der Waals surface area contributed by atoms with Crippen LogP contribution in [0.1, 0.15) is 37.7 Å². The number of likely N-dealkylation sites (tertiary alicyclic amines) is 1. The van der Waals surface area contributed by atoms with Crippen LogP contribution in [-0.2, 0) is 0 Å². The van der Waals surface area contributed by atoms with E-state index in [1.165, 1.54) is 6.07 Å². The van der Waals surface area contributed by atoms with Crippen LogP contribution >= 0.6 is 0 Å². The fourth-order valence-electron chi connectivity index (χ4n) is 3.59. The van der Waals surface area contributed by atoms with Crippen LogP contribution in [-0.4, -0.2) is 55.5 Å². The summed E-state index contributed by atoms with van der Waals surface area (Å²) in [5.74, 6) is 0.756. The molecule has 4 nitrogen and oxygen atoms in total. The van der Waals surface area contributed by atoms with E-state index in [2.05, 4.69) is 15.6 Å². The Hall–Kier alpha value is -1.76. The first-order chi connectivity index (χ1) is 12.6. The van der Waals surface area contributed by atoms with Gasteiger partial charge >= 0.3 is 0 Å². The topological polar surface area (TPSA) is 39.7 Å². The van der Waals surface area contributed by atoms with E-state index in [0.29, 0.717) is 19.6 Å². The number of benzene rings is 1. The first-order valence-corrected chi connectivity index (χ1v) is 9.39. The third-order valence-corrected chi connectivity index (χ3v) is 5.06. The summed E-state index contributed by atoms with van der Waals surface area (Å²) in [6, 6.07) is 7.31. The molecule has 1 saturated heterocycles. The summed E-state index contributed by atoms with van der Waals surface area (Å²) in [5.41, 5.74) is 0.751. The van der Waals surface area contributed by atoms with Crippen molar-refractivity contribution in [1.29, 1.82) is 0 Å². The number of hydrogen-bond acceptors (Lipinski definition) is 2. The van der Waals surface area contributed by atoms with Gasteiger partial charge in [0.15, 0.2) is 5.96 Å². The lowest BCUT2D eigenvalue weighted by Gasteiger charge is -2.32. The van der Waals surface area contributed by atoms with Gasteiger partial charge in [-0.05, 0) is 37.8 Å². The molecule has 2 unspecified atom stereocenters. The Kier molecular flexibility index (Phi) is 6.40. The van der Waals surface area contributed by atoms with E-state index >= 15 is 0 Å². The molecular weight excluding hydrogens is 341 g/mol. The zero-order valence-electron chi connectivity index (χ0n) is 15.1. The second-order valence-corrected chi connectivity index (χ2v) is 7.05. The monoisotopic (exact) mass is 368 g/mol. The molecule has 0 amide bonds. The fraction of sp³-hybridized carbons (Fsp3) is 0.632. The minimum atomic E-state index is -2.27. The first kappa shape index (κ1) is 19.0. The molecule has 0 aromatic heterocycles. The zero-order chi connectivity index (χ0) is 18.5. The number of nitrogens with one attached hydrogen (secondary N) is 2. The van der Waals surface area contributed by atoms with E-state index in [0.717, 1.165) is 30.8 Å². The van der Waals surface area contributed by atoms with Crippen molar-refractivity contribution in [2.75, 3.05) is 26.2 Å². The van der Waals surface area contributed by atoms with Crippen molar-refractivity contribution in [2.24, 2.45) is 4.99 Å². The maximum atomic E-state index is 13.9. The summed E-state index contributed by atoms with van der Waals surface area (Å²) in [5, 5.41) is 6.82. The van der Waals surface area contributed by atoms with Crippen LogP contribution in [0.5, 0.6) is 0 Å². The molecule has 2 N–H and O–H groups in total. The molecule has 1 aliphatic heterocycles. The highest BCUT2D eigenvalue weighted by Gasteiger charge is 2.40. The van der Waals surface area contributed by atoms with Gasteiger partial charge in [-0.3, -0.25) is 9.89 Å². The molecule has 0 bridgehead atoms. The zero-order valence-corrected chi connectivity index (χ0v) is 15.1. The molecule has 144 valence electrons. The van der Waals surface area contributed by atoms with Crippen molar-refractivity contribution < 1.29 is 13.2 Å². The molecule has 7 heteroatoms. The smallest absolute Gasteiger partial charge is 0.251 e. The standard InChI is InChI=1S/C19H27F3N4/c1-2-23-19(24-13-7-9-26(10-8-13)12-18(21)22)25-17-11-15(17)14-5-3-4-6-16(14)20/h3-6,13,15,17-18H,2,7-12H2,1H3,(H2,23,24,25). The number of nitrogens with zero attached hydrogens (tertiary/aromatic N) is 2. The lowest BCUT2D eigenvalue weighted by Crippen LogP contribution is -2.50. The summed E-state index contributed by atoms with van der Waals surface area (Å²) < 4.78 is 38.8. The molecule has 1 aromatic carbocycles. The van der Waals surface area contributed by atoms with Crippen molar-refractivity contribution in [2.45, 2.75) is 50.6 Å². The van der Waals surface area contributed by atoms with Crippen molar-refractivity contribution >= 4 is 5.96 Å². The van der Waals surface area contributed by atoms with Crippen LogP contribution in [0.25, 0.3) is 0 Å². The van der Waals surface area contributed by atoms with Gasteiger partial charge in [0, 0.05) is 37.6 Å². The molecule has 3 rings (SSSR count). The molecule has 1 saturated carbocycles. The summed E-state index contributed by atoms with van der Waals surface area (Å²) >= 11 is 0. The Morgan fingerprint density at radius 3 is 2.62 bits per heavy atom. The van der Waals surface area contributed by atoms with Crippen molar-refractivity contribution in [3.05, 3.63) is 35.6 Å². The van der Waals surface area contributed by atoms with Gasteiger partial charge in [-0.25, -0.2) is 13.2 Å². The first-order valence-electron chi connectivity index (χ1n) is 9.39. The Morgan fingerprint density at radius 1 is 1.23 bits per heavy atom. The highest BCUT2D eigenvalue weighted by molar-refractivity contribution is 5.81. The molecule has 1 heterocycles. The van der Waals surface area contributed by atoms with Crippen LogP contribution < -0.4 is 10.6 Å². The predicted molar refractivity (Wildman–Crippen MR) is 97.3 cm³/mol. The third kappa shape index (κ3) is 5.13. The van der Waals surface area contributed by atoms with E-state index in [-0.39, 0.29) is 30.4 Å². The number of guanidine groups is 1. The molecular formula is C19H27F3N4. The van der Waals surface area contributed by atoms with Crippen LogP contribution in [0.2, 0.25) is 0 Å². The Morgan fingerprint density at radius 2 is 1.96 bits per heavy atom. The maximum Gasteiger partial charge on any atom is 0.251 e. The van der Waals surface area contributed by atoms with E-state index in [1.54, 1.807) is 6.07 Å². The number of hydrogen-bond donors (Lipinski definition) is 2. The minimum absolute atomic E-state index is 0.146. The lowest BCUT2D eigenvalue weighted by molar-refractivity contribution is 0.0744. The van der Waals surface area contributed by atoms with Gasteiger partial charge in [-0.2, -0.15) is 0 Å². The van der Waals surface area contributed by atoms with Gasteiger partial charge in [0.2, 0.25) is 0 Å². The minimum Gasteiger partial charge on any atom is -0.354 e. The number of alkyl halides is 2. The molecule has 1 aliphatic carbocycles. The maximum absolute atomic E-state index is 13.9. The molecule has 2 aliphatic rings. The molecule has 2 fully saturated rings. The number of aliphatic imine (C=N–C) groups is 1. The van der Waals surface area contributed by atoms with Gasteiger partial charge < -0.3 is 10.6 Å². The van der Waals surface area contributed by atoms with Crippen molar-refractivity contribution in [1.82, 2.24) is 15.5 Å². The molecule has 0 spiro atoms. The van der Waals surface area contributed by atoms with Crippen LogP contribution in [0.4, 0.5) is 13.2 Å². The quantitative estimate of drug-likeness (QED) is 0.599. The van der Waals surface area contributed by atoms with E-state index in [9.17, 15) is 13.2 Å². The van der Waals surface area contributed by atoms with E-state index in [4.69, 9.17) is 0 Å². The number of halogens is 3. The normalized spacial score (nSPS) is 24.7. The van der Waals surface area contributed by atoms with E-state index < -0.39 is 6.43 Å². The molecule has 0 radical (unpaired) electrons. The van der Waals surface area contributed by atoms with Gasteiger partial charge in [0.1, 0.15) is 5.82 Å². The van der Waals surface area contributed by atoms with E-state index in [1.807, 2.05) is 24.0 Å². The third-order valence-electron chi connectivity index (χ3n) is 5.06. The largest absolute Gasteiger partial charge is 0.354 e. The average molecular weight is 368 g/mol. The highest BCUT2D eigenvalue weighted by Crippen LogP contribution is 2.41. The SMILES string of the molecule is CCN=C(NC1CCN(CC(F)F)CC1)NC1CC1c1ccccc1F. The van der Waals surface area contributed by atoms with Crippen molar-refractivity contribution in [3.8, 4) is 0 Å². The van der Waals surface area contributed by atoms with Gasteiger partial charge in [-0.15, -0.1) is 0 Å². The Balaban J connectivity index is 1.49. The van der Waals surface area contributed by atoms with Gasteiger partial charge in [-0.1, -0.05) is 18.2 Å². The average Bonchev–Trinajstić information content (AvgIpc) is 3.35. The lowest BCUT2D eigenvalue weighted by atomic mass is 10.1. The second kappa shape index (κ2) is 8.75. The van der Waals surface area contributed by atoms with Gasteiger partial charge in [0.25, 0.3) is 6.43 Å². The highest BCUT2D eigenvalue weighted by atomic mass is 19.3.